The molecule has 1 radical (unpaired) electrons. The molecule has 0 N–H and O–H groups in total. The number of carbonyl (C=O) groups excluding carboxylic acids is 1. The molecule has 0 aromatic heterocycles. The minimum atomic E-state index is 0.539. The Morgan fingerprint density at radius 1 is 0.522 bits per heavy atom. The Hall–Kier alpha value is -0.240. The molecule has 0 fully saturated rings. The van der Waals surface area contributed by atoms with E-state index in [1.54, 1.807) is 0 Å². The average Bonchev–Trinajstić information content (AvgIpc) is 2.57. The average molecular weight is 346 g/mol. The van der Waals surface area contributed by atoms with Crippen LogP contribution in [-0.2, 0) is 9.53 Å². The van der Waals surface area contributed by atoms with Gasteiger partial charge in [-0.15, -0.1) is 11.6 Å². The second kappa shape index (κ2) is 21.8. The molecule has 0 heterocycles. The molecule has 0 saturated carbocycles. The molecule has 3 heteroatoms. The van der Waals surface area contributed by atoms with Gasteiger partial charge in [0.25, 0.3) is 0 Å². The molecular formula is C20H38ClO2. The van der Waals surface area contributed by atoms with Crippen molar-refractivity contribution in [2.24, 2.45) is 0 Å². The maximum absolute atomic E-state index is 9.84. The third-order valence-electron chi connectivity index (χ3n) is 4.44. The third kappa shape index (κ3) is 21.8. The van der Waals surface area contributed by atoms with E-state index in [0.29, 0.717) is 6.61 Å². The zero-order chi connectivity index (χ0) is 16.8. The first-order valence-corrected chi connectivity index (χ1v) is 10.5. The molecule has 23 heavy (non-hydrogen) atoms. The maximum Gasteiger partial charge on any atom is 0.417 e. The number of hydrogen-bond acceptors (Lipinski definition) is 2. The van der Waals surface area contributed by atoms with Crippen molar-refractivity contribution in [1.29, 1.82) is 0 Å². The van der Waals surface area contributed by atoms with E-state index >= 15 is 0 Å². The van der Waals surface area contributed by atoms with Crippen molar-refractivity contribution in [1.82, 2.24) is 0 Å². The van der Waals surface area contributed by atoms with Crippen molar-refractivity contribution in [2.75, 3.05) is 12.5 Å². The predicted molar refractivity (Wildman–Crippen MR) is 101 cm³/mol. The number of ether oxygens (including phenoxy) is 1. The van der Waals surface area contributed by atoms with E-state index in [1.807, 2.05) is 0 Å². The fourth-order valence-corrected chi connectivity index (χ4v) is 3.15. The van der Waals surface area contributed by atoms with Gasteiger partial charge in [0.2, 0.25) is 0 Å². The molecule has 137 valence electrons. The van der Waals surface area contributed by atoms with Crippen LogP contribution in [0.2, 0.25) is 0 Å². The molecular weight excluding hydrogens is 308 g/mol. The maximum atomic E-state index is 9.84. The van der Waals surface area contributed by atoms with E-state index in [0.717, 1.165) is 12.3 Å². The zero-order valence-corrected chi connectivity index (χ0v) is 15.9. The molecule has 0 unspecified atom stereocenters. The summed E-state index contributed by atoms with van der Waals surface area (Å²) in [5, 5.41) is 0. The van der Waals surface area contributed by atoms with Gasteiger partial charge in [-0.2, -0.15) is 0 Å². The summed E-state index contributed by atoms with van der Waals surface area (Å²) >= 11 is 5.67. The summed E-state index contributed by atoms with van der Waals surface area (Å²) < 4.78 is 4.55. The van der Waals surface area contributed by atoms with Crippen molar-refractivity contribution in [2.45, 2.75) is 109 Å². The predicted octanol–water partition coefficient (Wildman–Crippen LogP) is 6.94. The van der Waals surface area contributed by atoms with E-state index in [1.165, 1.54) is 109 Å². The quantitative estimate of drug-likeness (QED) is 0.176. The lowest BCUT2D eigenvalue weighted by atomic mass is 10.0. The summed E-state index contributed by atoms with van der Waals surface area (Å²) in [5.74, 6) is 0.829. The van der Waals surface area contributed by atoms with Crippen molar-refractivity contribution >= 4 is 18.1 Å². The Bertz CT molecular complexity index is 222. The fourth-order valence-electron chi connectivity index (χ4n) is 2.96. The molecule has 0 aromatic rings. The van der Waals surface area contributed by atoms with Gasteiger partial charge in [0.05, 0.1) is 6.61 Å². The van der Waals surface area contributed by atoms with Gasteiger partial charge in [0, 0.05) is 5.88 Å². The van der Waals surface area contributed by atoms with Crippen LogP contribution in [0.15, 0.2) is 0 Å². The number of alkyl halides is 1. The van der Waals surface area contributed by atoms with Crippen LogP contribution in [0.25, 0.3) is 0 Å². The van der Waals surface area contributed by atoms with Crippen LogP contribution >= 0.6 is 11.6 Å². The molecule has 0 bridgehead atoms. The van der Waals surface area contributed by atoms with Gasteiger partial charge in [-0.05, 0) is 12.8 Å². The fraction of sp³-hybridized carbons (Fsp3) is 0.950. The van der Waals surface area contributed by atoms with Gasteiger partial charge >= 0.3 is 6.47 Å². The second-order valence-electron chi connectivity index (χ2n) is 6.63. The number of unbranched alkanes of at least 4 members (excludes halogenated alkanes) is 16. The molecule has 0 aliphatic carbocycles. The molecule has 0 amide bonds. The molecule has 0 spiro atoms. The molecule has 0 atom stereocenters. The largest absolute Gasteiger partial charge is 0.457 e. The first kappa shape index (κ1) is 22.8. The first-order valence-electron chi connectivity index (χ1n) is 9.96. The van der Waals surface area contributed by atoms with Crippen LogP contribution < -0.4 is 0 Å². The molecule has 0 aliphatic heterocycles. The van der Waals surface area contributed by atoms with E-state index in [4.69, 9.17) is 11.6 Å². The normalized spacial score (nSPS) is 10.8. The molecule has 2 nitrogen and oxygen atoms in total. The highest BCUT2D eigenvalue weighted by Crippen LogP contribution is 2.14. The summed E-state index contributed by atoms with van der Waals surface area (Å²) in [6.07, 6.45) is 22.7. The van der Waals surface area contributed by atoms with Crippen molar-refractivity contribution in [3.05, 3.63) is 0 Å². The number of halogens is 1. The van der Waals surface area contributed by atoms with E-state index in [-0.39, 0.29) is 0 Å². The minimum Gasteiger partial charge on any atom is -0.457 e. The van der Waals surface area contributed by atoms with Crippen LogP contribution in [0.4, 0.5) is 0 Å². The van der Waals surface area contributed by atoms with Crippen molar-refractivity contribution < 1.29 is 9.53 Å². The smallest absolute Gasteiger partial charge is 0.417 e. The summed E-state index contributed by atoms with van der Waals surface area (Å²) in [4.78, 5) is 9.84. The van der Waals surface area contributed by atoms with E-state index < -0.39 is 0 Å². The number of rotatable bonds is 20. The number of hydrogen-bond donors (Lipinski definition) is 0. The summed E-state index contributed by atoms with van der Waals surface area (Å²) in [7, 11) is 0. The van der Waals surface area contributed by atoms with Gasteiger partial charge in [-0.1, -0.05) is 96.3 Å². The lowest BCUT2D eigenvalue weighted by Crippen LogP contribution is -1.91. The van der Waals surface area contributed by atoms with Crippen molar-refractivity contribution in [3.8, 4) is 0 Å². The first-order chi connectivity index (χ1) is 11.4. The molecule has 0 aliphatic rings. The Balaban J connectivity index is 2.93. The summed E-state index contributed by atoms with van der Waals surface area (Å²) in [5.41, 5.74) is 0. The molecule has 0 rings (SSSR count). The summed E-state index contributed by atoms with van der Waals surface area (Å²) in [6, 6.07) is 0. The topological polar surface area (TPSA) is 26.3 Å². The van der Waals surface area contributed by atoms with E-state index in [9.17, 15) is 4.79 Å². The Morgan fingerprint density at radius 2 is 0.826 bits per heavy atom. The standard InChI is InChI=1S/C20H38ClO2/c21-18-16-14-12-10-8-6-4-2-1-3-5-7-9-11-13-15-17-19-23-20-22/h1-19H2. The van der Waals surface area contributed by atoms with Gasteiger partial charge < -0.3 is 4.74 Å². The minimum absolute atomic E-state index is 0.539. The van der Waals surface area contributed by atoms with Gasteiger partial charge in [0.1, 0.15) is 0 Å². The molecule has 0 saturated heterocycles. The second-order valence-corrected chi connectivity index (χ2v) is 7.01. The molecule has 0 aromatic carbocycles. The lowest BCUT2D eigenvalue weighted by molar-refractivity contribution is 0.268. The Morgan fingerprint density at radius 3 is 1.13 bits per heavy atom. The Labute approximate surface area is 149 Å². The van der Waals surface area contributed by atoms with Crippen molar-refractivity contribution in [3.63, 3.8) is 0 Å². The van der Waals surface area contributed by atoms with E-state index in [2.05, 4.69) is 4.74 Å². The summed E-state index contributed by atoms with van der Waals surface area (Å²) in [6.45, 7) is 2.01. The van der Waals surface area contributed by atoms with Gasteiger partial charge in [-0.3, -0.25) is 0 Å². The van der Waals surface area contributed by atoms with Crippen LogP contribution in [0.1, 0.15) is 109 Å². The highest BCUT2D eigenvalue weighted by molar-refractivity contribution is 6.17. The van der Waals surface area contributed by atoms with Crippen LogP contribution in [-0.4, -0.2) is 19.0 Å². The van der Waals surface area contributed by atoms with Crippen LogP contribution in [0, 0.1) is 0 Å². The van der Waals surface area contributed by atoms with Gasteiger partial charge in [-0.25, -0.2) is 4.79 Å². The van der Waals surface area contributed by atoms with Crippen LogP contribution in [0.3, 0.4) is 0 Å². The van der Waals surface area contributed by atoms with Gasteiger partial charge in [0.15, 0.2) is 0 Å². The Kier molecular flexibility index (Phi) is 21.5. The lowest BCUT2D eigenvalue weighted by Gasteiger charge is -2.03. The monoisotopic (exact) mass is 345 g/mol. The highest BCUT2D eigenvalue weighted by atomic mass is 35.5. The zero-order valence-electron chi connectivity index (χ0n) is 15.1. The highest BCUT2D eigenvalue weighted by Gasteiger charge is 1.95. The van der Waals surface area contributed by atoms with Crippen LogP contribution in [0.5, 0.6) is 0 Å². The third-order valence-corrected chi connectivity index (χ3v) is 4.71. The SMILES string of the molecule is O=[C]OCCCCCCCCCCCCCCCCCCCCl.